The highest BCUT2D eigenvalue weighted by molar-refractivity contribution is 7.80. The van der Waals surface area contributed by atoms with Crippen LogP contribution in [-0.4, -0.2) is 18.8 Å². The van der Waals surface area contributed by atoms with Crippen molar-refractivity contribution >= 4 is 34.6 Å². The van der Waals surface area contributed by atoms with E-state index in [4.69, 9.17) is 28.6 Å². The van der Waals surface area contributed by atoms with Gasteiger partial charge in [0.25, 0.3) is 0 Å². The highest BCUT2D eigenvalue weighted by atomic mass is 35.5. The molecular weight excluding hydrogens is 304 g/mol. The first-order valence-corrected chi connectivity index (χ1v) is 7.40. The molecule has 0 saturated carbocycles. The predicted octanol–water partition coefficient (Wildman–Crippen LogP) is 3.88. The van der Waals surface area contributed by atoms with Crippen LogP contribution < -0.4 is 15.4 Å². The van der Waals surface area contributed by atoms with Crippen LogP contribution in [0.15, 0.2) is 48.5 Å². The van der Waals surface area contributed by atoms with Gasteiger partial charge >= 0.3 is 0 Å². The maximum absolute atomic E-state index is 6.07. The molecule has 0 aliphatic carbocycles. The van der Waals surface area contributed by atoms with Gasteiger partial charge in [-0.2, -0.15) is 0 Å². The van der Waals surface area contributed by atoms with Crippen LogP contribution in [0.4, 0.5) is 5.69 Å². The predicted molar refractivity (Wildman–Crippen MR) is 92.4 cm³/mol. The Bertz CT molecular complexity index is 604. The quantitative estimate of drug-likeness (QED) is 0.819. The van der Waals surface area contributed by atoms with Gasteiger partial charge in [-0.05, 0) is 42.4 Å². The molecule has 3 nitrogen and oxygen atoms in total. The molecule has 0 spiro atoms. The molecule has 2 N–H and O–H groups in total. The Morgan fingerprint density at radius 1 is 1.19 bits per heavy atom. The molecule has 0 aliphatic rings. The van der Waals surface area contributed by atoms with E-state index in [1.807, 2.05) is 24.3 Å². The van der Waals surface area contributed by atoms with Gasteiger partial charge < -0.3 is 15.4 Å². The summed E-state index contributed by atoms with van der Waals surface area (Å²) >= 11 is 11.3. The summed E-state index contributed by atoms with van der Waals surface area (Å²) < 4.78 is 5.11. The number of hydrogen-bond acceptors (Lipinski definition) is 2. The molecule has 0 saturated heterocycles. The molecule has 2 rings (SSSR count). The van der Waals surface area contributed by atoms with Crippen LogP contribution in [0.1, 0.15) is 5.56 Å². The highest BCUT2D eigenvalue weighted by Gasteiger charge is 2.03. The summed E-state index contributed by atoms with van der Waals surface area (Å²) in [4.78, 5) is 0. The van der Waals surface area contributed by atoms with Crippen LogP contribution in [0.3, 0.4) is 0 Å². The van der Waals surface area contributed by atoms with Crippen molar-refractivity contribution in [1.82, 2.24) is 5.32 Å². The fraction of sp³-hybridized carbons (Fsp3) is 0.188. The number of anilines is 1. The first-order valence-electron chi connectivity index (χ1n) is 6.61. The molecule has 0 amide bonds. The molecule has 0 bridgehead atoms. The Morgan fingerprint density at radius 3 is 2.62 bits per heavy atom. The molecule has 110 valence electrons. The number of halogens is 1. The van der Waals surface area contributed by atoms with Crippen molar-refractivity contribution in [2.75, 3.05) is 19.0 Å². The maximum Gasteiger partial charge on any atom is 0.170 e. The standard InChI is InChI=1S/C16H17ClN2OS/c1-20-15-8-7-13(11-14(15)17)19-16(21)18-10-9-12-5-3-2-4-6-12/h2-8,11H,9-10H2,1H3,(H2,18,19,21). The average Bonchev–Trinajstić information content (AvgIpc) is 2.48. The lowest BCUT2D eigenvalue weighted by Gasteiger charge is -2.11. The second-order valence-electron chi connectivity index (χ2n) is 4.47. The van der Waals surface area contributed by atoms with Gasteiger partial charge in [0.1, 0.15) is 5.75 Å². The van der Waals surface area contributed by atoms with E-state index in [0.29, 0.717) is 15.9 Å². The van der Waals surface area contributed by atoms with Crippen molar-refractivity contribution in [3.63, 3.8) is 0 Å². The zero-order valence-electron chi connectivity index (χ0n) is 11.7. The summed E-state index contributed by atoms with van der Waals surface area (Å²) in [5, 5.41) is 7.40. The van der Waals surface area contributed by atoms with Crippen LogP contribution in [0.25, 0.3) is 0 Å². The van der Waals surface area contributed by atoms with Crippen molar-refractivity contribution in [1.29, 1.82) is 0 Å². The zero-order valence-corrected chi connectivity index (χ0v) is 13.3. The van der Waals surface area contributed by atoms with E-state index in [1.165, 1.54) is 5.56 Å². The Kier molecular flexibility index (Phi) is 5.84. The van der Waals surface area contributed by atoms with Crippen LogP contribution in [0.5, 0.6) is 5.75 Å². The number of rotatable bonds is 5. The summed E-state index contributed by atoms with van der Waals surface area (Å²) in [5.41, 5.74) is 2.11. The molecule has 0 aliphatic heterocycles. The van der Waals surface area contributed by atoms with Gasteiger partial charge in [-0.3, -0.25) is 0 Å². The Morgan fingerprint density at radius 2 is 1.95 bits per heavy atom. The van der Waals surface area contributed by atoms with E-state index in [9.17, 15) is 0 Å². The van der Waals surface area contributed by atoms with Crippen molar-refractivity contribution in [2.45, 2.75) is 6.42 Å². The van der Waals surface area contributed by atoms with Crippen molar-refractivity contribution in [3.05, 3.63) is 59.1 Å². The van der Waals surface area contributed by atoms with E-state index in [1.54, 1.807) is 19.2 Å². The molecule has 0 fully saturated rings. The normalized spacial score (nSPS) is 10.0. The summed E-state index contributed by atoms with van der Waals surface area (Å²) in [6.45, 7) is 0.778. The Hall–Kier alpha value is -1.78. The van der Waals surface area contributed by atoms with Crippen LogP contribution in [-0.2, 0) is 6.42 Å². The van der Waals surface area contributed by atoms with Gasteiger partial charge in [-0.1, -0.05) is 41.9 Å². The van der Waals surface area contributed by atoms with Crippen LogP contribution >= 0.6 is 23.8 Å². The fourth-order valence-electron chi connectivity index (χ4n) is 1.88. The maximum atomic E-state index is 6.07. The molecule has 21 heavy (non-hydrogen) atoms. The van der Waals surface area contributed by atoms with E-state index in [2.05, 4.69) is 22.8 Å². The third-order valence-corrected chi connectivity index (χ3v) is 3.49. The molecule has 2 aromatic carbocycles. The summed E-state index contributed by atoms with van der Waals surface area (Å²) in [6.07, 6.45) is 0.923. The smallest absolute Gasteiger partial charge is 0.170 e. The van der Waals surface area contributed by atoms with Gasteiger partial charge in [0, 0.05) is 12.2 Å². The Labute approximate surface area is 135 Å². The van der Waals surface area contributed by atoms with Crippen LogP contribution in [0, 0.1) is 0 Å². The van der Waals surface area contributed by atoms with E-state index < -0.39 is 0 Å². The molecule has 0 aromatic heterocycles. The first-order chi connectivity index (χ1) is 10.2. The minimum Gasteiger partial charge on any atom is -0.495 e. The molecule has 0 atom stereocenters. The largest absolute Gasteiger partial charge is 0.495 e. The number of benzene rings is 2. The highest BCUT2D eigenvalue weighted by Crippen LogP contribution is 2.27. The molecular formula is C16H17ClN2OS. The minimum absolute atomic E-state index is 0.551. The van der Waals surface area contributed by atoms with E-state index in [0.717, 1.165) is 18.7 Å². The lowest BCUT2D eigenvalue weighted by molar-refractivity contribution is 0.415. The number of thiocarbonyl (C=S) groups is 1. The van der Waals surface area contributed by atoms with E-state index in [-0.39, 0.29) is 0 Å². The zero-order chi connectivity index (χ0) is 15.1. The molecule has 0 radical (unpaired) electrons. The second-order valence-corrected chi connectivity index (χ2v) is 5.28. The second kappa shape index (κ2) is 7.86. The lowest BCUT2D eigenvalue weighted by Crippen LogP contribution is -2.30. The fourth-order valence-corrected chi connectivity index (χ4v) is 2.36. The van der Waals surface area contributed by atoms with Crippen LogP contribution in [0.2, 0.25) is 5.02 Å². The topological polar surface area (TPSA) is 33.3 Å². The summed E-state index contributed by atoms with van der Waals surface area (Å²) in [5.74, 6) is 0.644. The van der Waals surface area contributed by atoms with Crippen molar-refractivity contribution in [2.24, 2.45) is 0 Å². The summed E-state index contributed by atoms with van der Waals surface area (Å²) in [6, 6.07) is 15.7. The number of hydrogen-bond donors (Lipinski definition) is 2. The monoisotopic (exact) mass is 320 g/mol. The van der Waals surface area contributed by atoms with Gasteiger partial charge in [-0.15, -0.1) is 0 Å². The first kappa shape index (κ1) is 15.6. The number of ether oxygens (including phenoxy) is 1. The average molecular weight is 321 g/mol. The van der Waals surface area contributed by atoms with Gasteiger partial charge in [0.2, 0.25) is 0 Å². The Balaban J connectivity index is 1.80. The number of methoxy groups -OCH3 is 1. The van der Waals surface area contributed by atoms with Crippen molar-refractivity contribution in [3.8, 4) is 5.75 Å². The third-order valence-electron chi connectivity index (χ3n) is 2.95. The lowest BCUT2D eigenvalue weighted by atomic mass is 10.1. The van der Waals surface area contributed by atoms with Gasteiger partial charge in [0.05, 0.1) is 12.1 Å². The van der Waals surface area contributed by atoms with Gasteiger partial charge in [-0.25, -0.2) is 0 Å². The SMILES string of the molecule is COc1ccc(NC(=S)NCCc2ccccc2)cc1Cl. The van der Waals surface area contributed by atoms with Crippen molar-refractivity contribution < 1.29 is 4.74 Å². The molecule has 5 heteroatoms. The molecule has 0 unspecified atom stereocenters. The minimum atomic E-state index is 0.551. The van der Waals surface area contributed by atoms with E-state index >= 15 is 0 Å². The molecule has 2 aromatic rings. The summed E-state index contributed by atoms with van der Waals surface area (Å²) in [7, 11) is 1.59. The van der Waals surface area contributed by atoms with Gasteiger partial charge in [0.15, 0.2) is 5.11 Å². The number of nitrogens with one attached hydrogen (secondary N) is 2. The molecule has 0 heterocycles. The third kappa shape index (κ3) is 4.92.